The predicted molar refractivity (Wildman–Crippen MR) is 202 cm³/mol. The summed E-state index contributed by atoms with van der Waals surface area (Å²) in [4.78, 5) is 54.8. The quantitative estimate of drug-likeness (QED) is 0.142. The van der Waals surface area contributed by atoms with Crippen LogP contribution in [0.25, 0.3) is 0 Å². The Kier molecular flexibility index (Phi) is 13.2. The molecule has 0 bridgehead atoms. The Balaban J connectivity index is 1.27. The molecule has 3 atom stereocenters. The summed E-state index contributed by atoms with van der Waals surface area (Å²) in [5.74, 6) is -1.39. The molecule has 1 heterocycles. The van der Waals surface area contributed by atoms with Crippen molar-refractivity contribution >= 4 is 52.5 Å². The van der Waals surface area contributed by atoms with E-state index in [2.05, 4.69) is 16.0 Å². The number of carbonyl (C=O) groups is 4. The van der Waals surface area contributed by atoms with Gasteiger partial charge in [0.25, 0.3) is 0 Å². The zero-order valence-electron chi connectivity index (χ0n) is 28.5. The Hall–Kier alpha value is -4.70. The van der Waals surface area contributed by atoms with Crippen molar-refractivity contribution in [1.29, 1.82) is 0 Å². The Morgan fingerprint density at radius 1 is 0.824 bits per heavy atom. The van der Waals surface area contributed by atoms with Gasteiger partial charge >= 0.3 is 0 Å². The molecule has 5 N–H and O–H groups in total. The van der Waals surface area contributed by atoms with Gasteiger partial charge in [-0.15, -0.1) is 0 Å². The Morgan fingerprint density at radius 3 is 2.27 bits per heavy atom. The van der Waals surface area contributed by atoms with E-state index >= 15 is 0 Å². The van der Waals surface area contributed by atoms with E-state index in [1.165, 1.54) is 4.90 Å². The van der Waals surface area contributed by atoms with Gasteiger partial charge in [-0.2, -0.15) is 0 Å². The normalized spacial score (nSPS) is 15.3. The zero-order valence-corrected chi connectivity index (χ0v) is 30.1. The van der Waals surface area contributed by atoms with E-state index in [-0.39, 0.29) is 37.1 Å². The number of hydrogen-bond donors (Lipinski definition) is 4. The summed E-state index contributed by atoms with van der Waals surface area (Å²) in [5, 5.41) is 9.78. The van der Waals surface area contributed by atoms with Gasteiger partial charge in [0, 0.05) is 47.7 Å². The summed E-state index contributed by atoms with van der Waals surface area (Å²) in [5.41, 5.74) is 11.7. The lowest BCUT2D eigenvalue weighted by Gasteiger charge is -2.27. The van der Waals surface area contributed by atoms with Crippen molar-refractivity contribution in [1.82, 2.24) is 16.0 Å². The fraction of sp³-hybridized carbons (Fsp3) is 0.300. The monoisotopic (exact) mass is 727 g/mol. The van der Waals surface area contributed by atoms with Gasteiger partial charge in [0.1, 0.15) is 12.6 Å². The highest BCUT2D eigenvalue weighted by molar-refractivity contribution is 6.31. The van der Waals surface area contributed by atoms with Crippen molar-refractivity contribution < 1.29 is 19.2 Å². The molecule has 0 unspecified atom stereocenters. The summed E-state index contributed by atoms with van der Waals surface area (Å²) in [6, 6.07) is 28.6. The SMILES string of the molecule is CNC(=O)C[C@@H](Cc1ccc(Cl)c(Cc2ccccc2)c1)NC(=O)CN1C(=O)[C@@H](NC(=O)C[C@@H](N)Cc2ccc(Cl)cc2)CCc2ccccc21. The second-order valence-corrected chi connectivity index (χ2v) is 13.8. The third-order valence-corrected chi connectivity index (χ3v) is 9.57. The number of benzene rings is 4. The topological polar surface area (TPSA) is 134 Å². The Morgan fingerprint density at radius 2 is 1.53 bits per heavy atom. The third kappa shape index (κ3) is 10.9. The standard InChI is InChI=1S/C40H43Cl2N5O4/c1-44-37(48)24-33(22-28-13-17-34(42)30(20-28)19-26-7-3-2-4-8-26)45-39(50)25-47-36-10-6-5-9-29(36)14-18-35(40(47)51)46-38(49)23-32(43)21-27-11-15-31(41)16-12-27/h2-13,15-17,20,32-33,35H,14,18-19,21-25,43H2,1H3,(H,44,48)(H,45,50)(H,46,49)/t32-,33+,35-/m0/s1. The number of nitrogens with one attached hydrogen (secondary N) is 3. The van der Waals surface area contributed by atoms with Gasteiger partial charge in [-0.3, -0.25) is 19.2 Å². The minimum Gasteiger partial charge on any atom is -0.359 e. The molecule has 0 aromatic heterocycles. The van der Waals surface area contributed by atoms with Crippen molar-refractivity contribution in [2.24, 2.45) is 5.73 Å². The summed E-state index contributed by atoms with van der Waals surface area (Å²) >= 11 is 12.5. The highest BCUT2D eigenvalue weighted by atomic mass is 35.5. The summed E-state index contributed by atoms with van der Waals surface area (Å²) in [6.45, 7) is -0.289. The maximum Gasteiger partial charge on any atom is 0.250 e. The van der Waals surface area contributed by atoms with Gasteiger partial charge < -0.3 is 26.6 Å². The van der Waals surface area contributed by atoms with E-state index in [9.17, 15) is 19.2 Å². The molecular weight excluding hydrogens is 685 g/mol. The highest BCUT2D eigenvalue weighted by Gasteiger charge is 2.33. The van der Waals surface area contributed by atoms with Crippen molar-refractivity contribution in [2.75, 3.05) is 18.5 Å². The van der Waals surface area contributed by atoms with E-state index in [0.717, 1.165) is 27.8 Å². The first kappa shape index (κ1) is 37.6. The third-order valence-electron chi connectivity index (χ3n) is 8.95. The lowest BCUT2D eigenvalue weighted by molar-refractivity contribution is -0.128. The van der Waals surface area contributed by atoms with Crippen LogP contribution in [0.4, 0.5) is 5.69 Å². The molecular formula is C40H43Cl2N5O4. The van der Waals surface area contributed by atoms with Crippen LogP contribution in [0.1, 0.15) is 47.1 Å². The molecule has 5 rings (SSSR count). The summed E-state index contributed by atoms with van der Waals surface area (Å²) < 4.78 is 0. The minimum absolute atomic E-state index is 0.0266. The smallest absolute Gasteiger partial charge is 0.250 e. The van der Waals surface area contributed by atoms with E-state index < -0.39 is 24.0 Å². The summed E-state index contributed by atoms with van der Waals surface area (Å²) in [6.07, 6.45) is 2.45. The number of fused-ring (bicyclic) bond motifs is 1. The van der Waals surface area contributed by atoms with Crippen molar-refractivity contribution in [3.63, 3.8) is 0 Å². The second kappa shape index (κ2) is 18.0. The number of anilines is 1. The number of halogens is 2. The number of nitrogens with two attached hydrogens (primary N) is 1. The molecule has 9 nitrogen and oxygen atoms in total. The number of hydrogen-bond acceptors (Lipinski definition) is 5. The Labute approximate surface area is 308 Å². The van der Waals surface area contributed by atoms with Crippen LogP contribution < -0.4 is 26.6 Å². The molecule has 1 aliphatic rings. The molecule has 0 spiro atoms. The maximum atomic E-state index is 14.0. The largest absolute Gasteiger partial charge is 0.359 e. The maximum absolute atomic E-state index is 14.0. The lowest BCUT2D eigenvalue weighted by Crippen LogP contribution is -2.52. The number of aryl methyl sites for hydroxylation is 1. The average Bonchev–Trinajstić information content (AvgIpc) is 3.23. The first-order valence-corrected chi connectivity index (χ1v) is 17.8. The van der Waals surface area contributed by atoms with E-state index in [1.54, 1.807) is 25.2 Å². The van der Waals surface area contributed by atoms with Crippen LogP contribution in [0.15, 0.2) is 97.1 Å². The van der Waals surface area contributed by atoms with Crippen LogP contribution >= 0.6 is 23.2 Å². The number of nitrogens with zero attached hydrogens (tertiary/aromatic N) is 1. The van der Waals surface area contributed by atoms with Crippen molar-refractivity contribution in [2.45, 2.75) is 63.1 Å². The van der Waals surface area contributed by atoms with Crippen LogP contribution in [-0.4, -0.2) is 55.3 Å². The Bertz CT molecular complexity index is 1840. The van der Waals surface area contributed by atoms with Gasteiger partial charge in [-0.1, -0.05) is 96.0 Å². The number of amides is 4. The molecule has 0 aliphatic carbocycles. The van der Waals surface area contributed by atoms with E-state index in [0.29, 0.717) is 47.8 Å². The molecule has 0 radical (unpaired) electrons. The molecule has 4 amide bonds. The van der Waals surface area contributed by atoms with Crippen LogP contribution in [0.2, 0.25) is 10.0 Å². The lowest BCUT2D eigenvalue weighted by atomic mass is 9.98. The van der Waals surface area contributed by atoms with E-state index in [4.69, 9.17) is 28.9 Å². The van der Waals surface area contributed by atoms with Crippen LogP contribution in [-0.2, 0) is 44.9 Å². The van der Waals surface area contributed by atoms with Gasteiger partial charge in [0.15, 0.2) is 0 Å². The number of carbonyl (C=O) groups excluding carboxylic acids is 4. The van der Waals surface area contributed by atoms with Crippen molar-refractivity contribution in [3.8, 4) is 0 Å². The molecule has 1 aliphatic heterocycles. The average molecular weight is 729 g/mol. The molecule has 51 heavy (non-hydrogen) atoms. The van der Waals surface area contributed by atoms with Crippen LogP contribution in [0.3, 0.4) is 0 Å². The molecule has 0 saturated heterocycles. The predicted octanol–water partition coefficient (Wildman–Crippen LogP) is 5.17. The fourth-order valence-electron chi connectivity index (χ4n) is 6.41. The van der Waals surface area contributed by atoms with Crippen LogP contribution in [0, 0.1) is 0 Å². The second-order valence-electron chi connectivity index (χ2n) is 12.9. The van der Waals surface area contributed by atoms with Crippen LogP contribution in [0.5, 0.6) is 0 Å². The first-order chi connectivity index (χ1) is 24.6. The molecule has 266 valence electrons. The van der Waals surface area contributed by atoms with Gasteiger partial charge in [0.05, 0.1) is 0 Å². The fourth-order valence-corrected chi connectivity index (χ4v) is 6.72. The van der Waals surface area contributed by atoms with E-state index in [1.807, 2.05) is 78.9 Å². The molecule has 4 aromatic carbocycles. The molecule has 0 fully saturated rings. The molecule has 0 saturated carbocycles. The zero-order chi connectivity index (χ0) is 36.3. The first-order valence-electron chi connectivity index (χ1n) is 17.1. The number of para-hydroxylation sites is 1. The summed E-state index contributed by atoms with van der Waals surface area (Å²) in [7, 11) is 1.55. The minimum atomic E-state index is -0.848. The van der Waals surface area contributed by atoms with Gasteiger partial charge in [0.2, 0.25) is 23.6 Å². The van der Waals surface area contributed by atoms with Gasteiger partial charge in [-0.25, -0.2) is 0 Å². The molecule has 11 heteroatoms. The highest BCUT2D eigenvalue weighted by Crippen LogP contribution is 2.27. The number of rotatable bonds is 14. The van der Waals surface area contributed by atoms with Gasteiger partial charge in [-0.05, 0) is 84.2 Å². The van der Waals surface area contributed by atoms with Crippen molar-refractivity contribution in [3.05, 3.63) is 135 Å². The molecule has 4 aromatic rings.